The molecule has 1 aliphatic rings. The van der Waals surface area contributed by atoms with Gasteiger partial charge in [0.05, 0.1) is 18.2 Å². The van der Waals surface area contributed by atoms with Crippen LogP contribution in [-0.2, 0) is 17.6 Å². The highest BCUT2D eigenvalue weighted by Crippen LogP contribution is 2.35. The summed E-state index contributed by atoms with van der Waals surface area (Å²) in [7, 11) is 1.91. The summed E-state index contributed by atoms with van der Waals surface area (Å²) in [5.41, 5.74) is 4.46. The molecule has 4 rings (SSSR count). The fourth-order valence-corrected chi connectivity index (χ4v) is 4.21. The second-order valence-electron chi connectivity index (χ2n) is 6.32. The molecule has 0 saturated heterocycles. The molecule has 4 nitrogen and oxygen atoms in total. The van der Waals surface area contributed by atoms with E-state index in [0.29, 0.717) is 6.42 Å². The number of nitrogens with zero attached hydrogens (tertiary/aromatic N) is 3. The number of hydrogen-bond donors (Lipinski definition) is 0. The maximum Gasteiger partial charge on any atom is 0.228 e. The number of aryl methyl sites for hydroxylation is 1. The van der Waals surface area contributed by atoms with Crippen LogP contribution in [0.25, 0.3) is 10.6 Å². The smallest absolute Gasteiger partial charge is 0.228 e. The van der Waals surface area contributed by atoms with Crippen LogP contribution in [0.2, 0.25) is 0 Å². The first kappa shape index (κ1) is 16.0. The maximum atomic E-state index is 12.7. The molecule has 3 aromatic rings. The summed E-state index contributed by atoms with van der Waals surface area (Å²) in [6.07, 6.45) is 5.92. The molecule has 0 aliphatic heterocycles. The first-order valence-corrected chi connectivity index (χ1v) is 9.28. The third kappa shape index (κ3) is 3.20. The van der Waals surface area contributed by atoms with E-state index >= 15 is 0 Å². The number of carbonyl (C=O) groups excluding carboxylic acids is 1. The van der Waals surface area contributed by atoms with E-state index in [1.54, 1.807) is 23.7 Å². The van der Waals surface area contributed by atoms with Crippen molar-refractivity contribution in [2.45, 2.75) is 25.3 Å². The Morgan fingerprint density at radius 2 is 2.16 bits per heavy atom. The molecule has 2 heterocycles. The SMILES string of the molecule is CN(C(=O)Cc1csc(-c2cccnc2)n1)C1CCc2ccccc21. The minimum atomic E-state index is 0.115. The van der Waals surface area contributed by atoms with Crippen molar-refractivity contribution in [1.29, 1.82) is 0 Å². The van der Waals surface area contributed by atoms with Gasteiger partial charge in [0, 0.05) is 30.4 Å². The molecule has 1 atom stereocenters. The molecule has 0 saturated carbocycles. The lowest BCUT2D eigenvalue weighted by Gasteiger charge is -2.25. The third-order valence-corrected chi connectivity index (χ3v) is 5.69. The molecule has 25 heavy (non-hydrogen) atoms. The summed E-state index contributed by atoms with van der Waals surface area (Å²) in [5.74, 6) is 0.115. The van der Waals surface area contributed by atoms with Gasteiger partial charge in [-0.15, -0.1) is 11.3 Å². The first-order valence-electron chi connectivity index (χ1n) is 8.40. The Hall–Kier alpha value is -2.53. The van der Waals surface area contributed by atoms with Gasteiger partial charge in [-0.05, 0) is 36.1 Å². The van der Waals surface area contributed by atoms with Crippen LogP contribution in [0.5, 0.6) is 0 Å². The topological polar surface area (TPSA) is 46.1 Å². The molecule has 1 aromatic carbocycles. The fourth-order valence-electron chi connectivity index (χ4n) is 3.40. The fraction of sp³-hybridized carbons (Fsp3) is 0.250. The van der Waals surface area contributed by atoms with E-state index in [1.807, 2.05) is 29.5 Å². The molecule has 1 unspecified atom stereocenters. The molecule has 126 valence electrons. The lowest BCUT2D eigenvalue weighted by molar-refractivity contribution is -0.131. The predicted octanol–water partition coefficient (Wildman–Crippen LogP) is 3.89. The number of carbonyl (C=O) groups is 1. The van der Waals surface area contributed by atoms with Crippen LogP contribution in [-0.4, -0.2) is 27.8 Å². The van der Waals surface area contributed by atoms with Gasteiger partial charge in [-0.1, -0.05) is 24.3 Å². The van der Waals surface area contributed by atoms with Crippen molar-refractivity contribution in [1.82, 2.24) is 14.9 Å². The van der Waals surface area contributed by atoms with Gasteiger partial charge in [0.25, 0.3) is 0 Å². The molecular weight excluding hydrogens is 330 g/mol. The Morgan fingerprint density at radius 3 is 3.00 bits per heavy atom. The average Bonchev–Trinajstić information content (AvgIpc) is 3.29. The van der Waals surface area contributed by atoms with E-state index in [2.05, 4.69) is 34.2 Å². The predicted molar refractivity (Wildman–Crippen MR) is 99.3 cm³/mol. The summed E-state index contributed by atoms with van der Waals surface area (Å²) in [6.45, 7) is 0. The van der Waals surface area contributed by atoms with Gasteiger partial charge in [0.15, 0.2) is 0 Å². The molecule has 0 bridgehead atoms. The highest BCUT2D eigenvalue weighted by Gasteiger charge is 2.28. The van der Waals surface area contributed by atoms with Crippen LogP contribution in [0, 0.1) is 0 Å². The standard InChI is InChI=1S/C20H19N3OS/c1-23(18-9-8-14-5-2-3-7-17(14)18)19(24)11-16-13-25-20(22-16)15-6-4-10-21-12-15/h2-7,10,12-13,18H,8-9,11H2,1H3. The molecule has 0 N–H and O–H groups in total. The quantitative estimate of drug-likeness (QED) is 0.718. The summed E-state index contributed by atoms with van der Waals surface area (Å²) in [5, 5.41) is 2.88. The van der Waals surface area contributed by atoms with Gasteiger partial charge in [-0.2, -0.15) is 0 Å². The number of pyridine rings is 1. The van der Waals surface area contributed by atoms with Crippen molar-refractivity contribution in [2.75, 3.05) is 7.05 Å². The molecule has 1 amide bonds. The van der Waals surface area contributed by atoms with Crippen LogP contribution in [0.3, 0.4) is 0 Å². The molecule has 0 fully saturated rings. The number of benzene rings is 1. The first-order chi connectivity index (χ1) is 12.2. The summed E-state index contributed by atoms with van der Waals surface area (Å²) in [6, 6.07) is 12.5. The Morgan fingerprint density at radius 1 is 1.28 bits per heavy atom. The Labute approximate surface area is 151 Å². The van der Waals surface area contributed by atoms with Gasteiger partial charge in [-0.3, -0.25) is 9.78 Å². The van der Waals surface area contributed by atoms with E-state index < -0.39 is 0 Å². The van der Waals surface area contributed by atoms with Crippen molar-refractivity contribution in [3.63, 3.8) is 0 Å². The lowest BCUT2D eigenvalue weighted by atomic mass is 10.1. The number of hydrogen-bond acceptors (Lipinski definition) is 4. The molecule has 1 aliphatic carbocycles. The second kappa shape index (κ2) is 6.76. The van der Waals surface area contributed by atoms with E-state index in [0.717, 1.165) is 29.1 Å². The molecular formula is C20H19N3OS. The van der Waals surface area contributed by atoms with Gasteiger partial charge in [0.1, 0.15) is 5.01 Å². The summed E-state index contributed by atoms with van der Waals surface area (Å²) < 4.78 is 0. The molecule has 2 aromatic heterocycles. The van der Waals surface area contributed by atoms with Crippen LogP contribution >= 0.6 is 11.3 Å². The second-order valence-corrected chi connectivity index (χ2v) is 7.18. The minimum absolute atomic E-state index is 0.115. The zero-order valence-corrected chi connectivity index (χ0v) is 14.9. The zero-order valence-electron chi connectivity index (χ0n) is 14.1. The molecule has 0 radical (unpaired) electrons. The van der Waals surface area contributed by atoms with Gasteiger partial charge >= 0.3 is 0 Å². The monoisotopic (exact) mass is 349 g/mol. The number of thiazole rings is 1. The largest absolute Gasteiger partial charge is 0.338 e. The van der Waals surface area contributed by atoms with Crippen molar-refractivity contribution in [2.24, 2.45) is 0 Å². The summed E-state index contributed by atoms with van der Waals surface area (Å²) in [4.78, 5) is 23.3. The van der Waals surface area contributed by atoms with Crippen molar-refractivity contribution in [3.05, 3.63) is 71.0 Å². The number of amides is 1. The third-order valence-electron chi connectivity index (χ3n) is 4.75. The maximum absolute atomic E-state index is 12.7. The minimum Gasteiger partial charge on any atom is -0.338 e. The number of aromatic nitrogens is 2. The van der Waals surface area contributed by atoms with E-state index in [9.17, 15) is 4.79 Å². The Balaban J connectivity index is 1.47. The van der Waals surface area contributed by atoms with Crippen molar-refractivity contribution >= 4 is 17.2 Å². The molecule has 0 spiro atoms. The van der Waals surface area contributed by atoms with Gasteiger partial charge in [-0.25, -0.2) is 4.98 Å². The van der Waals surface area contributed by atoms with Gasteiger partial charge < -0.3 is 4.90 Å². The molecule has 5 heteroatoms. The Bertz CT molecular complexity index is 891. The van der Waals surface area contributed by atoms with Gasteiger partial charge in [0.2, 0.25) is 5.91 Å². The van der Waals surface area contributed by atoms with E-state index in [1.165, 1.54) is 11.1 Å². The number of likely N-dealkylation sites (N-methyl/N-ethyl adjacent to an activating group) is 1. The highest BCUT2D eigenvalue weighted by molar-refractivity contribution is 7.13. The van der Waals surface area contributed by atoms with Crippen LogP contribution in [0.1, 0.15) is 29.3 Å². The highest BCUT2D eigenvalue weighted by atomic mass is 32.1. The lowest BCUT2D eigenvalue weighted by Crippen LogP contribution is -2.31. The van der Waals surface area contributed by atoms with Crippen LogP contribution in [0.15, 0.2) is 54.2 Å². The average molecular weight is 349 g/mol. The normalized spacial score (nSPS) is 15.8. The van der Waals surface area contributed by atoms with Crippen LogP contribution < -0.4 is 0 Å². The van der Waals surface area contributed by atoms with Crippen molar-refractivity contribution in [3.8, 4) is 10.6 Å². The summed E-state index contributed by atoms with van der Waals surface area (Å²) >= 11 is 1.56. The van der Waals surface area contributed by atoms with E-state index in [-0.39, 0.29) is 11.9 Å². The zero-order chi connectivity index (χ0) is 17.2. The van der Waals surface area contributed by atoms with Crippen molar-refractivity contribution < 1.29 is 4.79 Å². The number of fused-ring (bicyclic) bond motifs is 1. The van der Waals surface area contributed by atoms with Crippen LogP contribution in [0.4, 0.5) is 0 Å². The number of rotatable bonds is 4. The van der Waals surface area contributed by atoms with E-state index in [4.69, 9.17) is 0 Å². The Kier molecular flexibility index (Phi) is 4.32.